The minimum absolute atomic E-state index is 0.0880. The van der Waals surface area contributed by atoms with Crippen molar-refractivity contribution in [3.63, 3.8) is 0 Å². The Kier molecular flexibility index (Phi) is 9.14. The van der Waals surface area contributed by atoms with E-state index in [4.69, 9.17) is 4.74 Å². The van der Waals surface area contributed by atoms with Crippen molar-refractivity contribution in [2.45, 2.75) is 42.2 Å². The topological polar surface area (TPSA) is 108 Å². The van der Waals surface area contributed by atoms with Crippen LogP contribution in [0.5, 0.6) is 0 Å². The number of sulfonamides is 1. The first kappa shape index (κ1) is 28.2. The van der Waals surface area contributed by atoms with Crippen LogP contribution in [0, 0.1) is 5.82 Å². The van der Waals surface area contributed by atoms with E-state index >= 15 is 0 Å². The molecule has 0 bridgehead atoms. The first-order chi connectivity index (χ1) is 18.2. The van der Waals surface area contributed by atoms with Crippen molar-refractivity contribution in [3.05, 3.63) is 65.5 Å². The fraction of sp³-hybridized carbons (Fsp3) is 0.481. The van der Waals surface area contributed by atoms with E-state index in [1.54, 1.807) is 4.90 Å². The lowest BCUT2D eigenvalue weighted by atomic mass is 10.1. The standard InChI is InChI=1S/C27H35FN4O5S/c1-31(2)38(35,36)22-11-7-20(8-12-22)26(33)30-24(27(34)32-14-16-37-17-15-32)4-3-13-29-25-18-23(25)19-5-9-21(28)10-6-19/h5-12,23-25,29H,3-4,13-18H2,1-2H3,(H,30,33)/t23-,24-,25+/m0/s1. The average molecular weight is 547 g/mol. The molecule has 11 heteroatoms. The molecule has 0 spiro atoms. The van der Waals surface area contributed by atoms with E-state index in [0.717, 1.165) is 16.3 Å². The Morgan fingerprint density at radius 3 is 2.37 bits per heavy atom. The minimum atomic E-state index is -3.61. The number of hydrogen-bond donors (Lipinski definition) is 2. The zero-order chi connectivity index (χ0) is 27.3. The molecule has 38 heavy (non-hydrogen) atoms. The highest BCUT2D eigenvalue weighted by Crippen LogP contribution is 2.40. The third kappa shape index (κ3) is 6.96. The number of benzene rings is 2. The molecule has 2 aliphatic rings. The van der Waals surface area contributed by atoms with E-state index in [9.17, 15) is 22.4 Å². The monoisotopic (exact) mass is 546 g/mol. The fourth-order valence-corrected chi connectivity index (χ4v) is 5.49. The number of nitrogens with zero attached hydrogens (tertiary/aromatic N) is 2. The van der Waals surface area contributed by atoms with E-state index in [1.165, 1.54) is 50.5 Å². The maximum absolute atomic E-state index is 13.3. The van der Waals surface area contributed by atoms with Crippen molar-refractivity contribution in [1.29, 1.82) is 0 Å². The molecule has 0 radical (unpaired) electrons. The Bertz CT molecular complexity index is 1220. The van der Waals surface area contributed by atoms with Gasteiger partial charge < -0.3 is 20.3 Å². The lowest BCUT2D eigenvalue weighted by Gasteiger charge is -2.31. The number of carbonyl (C=O) groups is 2. The molecule has 2 amide bonds. The van der Waals surface area contributed by atoms with E-state index in [1.807, 2.05) is 12.1 Å². The van der Waals surface area contributed by atoms with Crippen LogP contribution in [0.4, 0.5) is 4.39 Å². The van der Waals surface area contributed by atoms with Crippen LogP contribution in [-0.4, -0.2) is 88.5 Å². The van der Waals surface area contributed by atoms with Gasteiger partial charge in [-0.15, -0.1) is 0 Å². The van der Waals surface area contributed by atoms with Gasteiger partial charge in [0.25, 0.3) is 5.91 Å². The number of amides is 2. The van der Waals surface area contributed by atoms with Crippen molar-refractivity contribution < 1.29 is 27.1 Å². The number of morpholine rings is 1. The SMILES string of the molecule is CN(C)S(=O)(=O)c1ccc(C(=O)N[C@@H](CCCN[C@@H]2C[C@H]2c2ccc(F)cc2)C(=O)N2CCOCC2)cc1. The summed E-state index contributed by atoms with van der Waals surface area (Å²) in [6.45, 7) is 2.55. The third-order valence-electron chi connectivity index (χ3n) is 6.99. The molecule has 0 aromatic heterocycles. The molecule has 9 nitrogen and oxygen atoms in total. The molecule has 2 N–H and O–H groups in total. The van der Waals surface area contributed by atoms with E-state index in [-0.39, 0.29) is 22.2 Å². The van der Waals surface area contributed by atoms with Crippen molar-refractivity contribution in [3.8, 4) is 0 Å². The zero-order valence-corrected chi connectivity index (χ0v) is 22.5. The van der Waals surface area contributed by atoms with E-state index in [0.29, 0.717) is 57.6 Å². The fourth-order valence-electron chi connectivity index (χ4n) is 4.58. The van der Waals surface area contributed by atoms with Gasteiger partial charge >= 0.3 is 0 Å². The zero-order valence-electron chi connectivity index (χ0n) is 21.7. The summed E-state index contributed by atoms with van der Waals surface area (Å²) in [6.07, 6.45) is 2.11. The Morgan fingerprint density at radius 1 is 1.08 bits per heavy atom. The molecule has 2 aromatic carbocycles. The summed E-state index contributed by atoms with van der Waals surface area (Å²) in [4.78, 5) is 28.1. The highest BCUT2D eigenvalue weighted by molar-refractivity contribution is 7.89. The number of hydrogen-bond acceptors (Lipinski definition) is 6. The number of carbonyl (C=O) groups excluding carboxylic acids is 2. The van der Waals surface area contributed by atoms with Gasteiger partial charge in [0.15, 0.2) is 0 Å². The van der Waals surface area contributed by atoms with Gasteiger partial charge in [0.2, 0.25) is 15.9 Å². The predicted octanol–water partition coefficient (Wildman–Crippen LogP) is 1.96. The Hall–Kier alpha value is -2.86. The summed E-state index contributed by atoms with van der Waals surface area (Å²) >= 11 is 0. The summed E-state index contributed by atoms with van der Waals surface area (Å²) in [5.41, 5.74) is 1.39. The van der Waals surface area contributed by atoms with Gasteiger partial charge in [0, 0.05) is 44.7 Å². The molecule has 1 saturated carbocycles. The van der Waals surface area contributed by atoms with Crippen LogP contribution in [0.3, 0.4) is 0 Å². The molecule has 1 aliphatic heterocycles. The van der Waals surface area contributed by atoms with E-state index in [2.05, 4.69) is 10.6 Å². The van der Waals surface area contributed by atoms with Gasteiger partial charge in [0.1, 0.15) is 11.9 Å². The van der Waals surface area contributed by atoms with Crippen molar-refractivity contribution in [2.75, 3.05) is 46.9 Å². The summed E-state index contributed by atoms with van der Waals surface area (Å²) in [5.74, 6) is -0.465. The molecule has 1 aliphatic carbocycles. The minimum Gasteiger partial charge on any atom is -0.378 e. The third-order valence-corrected chi connectivity index (χ3v) is 8.82. The van der Waals surface area contributed by atoms with Crippen LogP contribution in [-0.2, 0) is 19.6 Å². The number of nitrogens with one attached hydrogen (secondary N) is 2. The quantitative estimate of drug-likeness (QED) is 0.418. The second kappa shape index (κ2) is 12.3. The second-order valence-corrected chi connectivity index (χ2v) is 12.0. The molecule has 0 unspecified atom stereocenters. The predicted molar refractivity (Wildman–Crippen MR) is 141 cm³/mol. The van der Waals surface area contributed by atoms with Crippen LogP contribution in [0.1, 0.15) is 41.1 Å². The second-order valence-electron chi connectivity index (χ2n) is 9.87. The molecule has 2 aromatic rings. The molecule has 3 atom stereocenters. The van der Waals surface area contributed by atoms with Crippen LogP contribution in [0.2, 0.25) is 0 Å². The highest BCUT2D eigenvalue weighted by Gasteiger charge is 2.37. The molecule has 206 valence electrons. The van der Waals surface area contributed by atoms with Crippen LogP contribution in [0.15, 0.2) is 53.4 Å². The normalized spacial score (nSPS) is 20.3. The molecular weight excluding hydrogens is 511 g/mol. The largest absolute Gasteiger partial charge is 0.378 e. The van der Waals surface area contributed by atoms with E-state index < -0.39 is 22.0 Å². The van der Waals surface area contributed by atoms with Crippen LogP contribution < -0.4 is 10.6 Å². The lowest BCUT2D eigenvalue weighted by Crippen LogP contribution is -2.52. The van der Waals surface area contributed by atoms with Gasteiger partial charge in [-0.2, -0.15) is 0 Å². The van der Waals surface area contributed by atoms with Crippen molar-refractivity contribution >= 4 is 21.8 Å². The highest BCUT2D eigenvalue weighted by atomic mass is 32.2. The van der Waals surface area contributed by atoms with Gasteiger partial charge in [-0.1, -0.05) is 12.1 Å². The smallest absolute Gasteiger partial charge is 0.251 e. The maximum Gasteiger partial charge on any atom is 0.251 e. The van der Waals surface area contributed by atoms with Crippen molar-refractivity contribution in [2.24, 2.45) is 0 Å². The van der Waals surface area contributed by atoms with Gasteiger partial charge in [-0.05, 0) is 67.8 Å². The number of halogens is 1. The Morgan fingerprint density at radius 2 is 1.74 bits per heavy atom. The Balaban J connectivity index is 1.34. The van der Waals surface area contributed by atoms with Crippen LogP contribution in [0.25, 0.3) is 0 Å². The number of ether oxygens (including phenoxy) is 1. The first-order valence-corrected chi connectivity index (χ1v) is 14.3. The van der Waals surface area contributed by atoms with Gasteiger partial charge in [0.05, 0.1) is 18.1 Å². The Labute approximate surface area is 223 Å². The van der Waals surface area contributed by atoms with Crippen LogP contribution >= 0.6 is 0 Å². The molecule has 4 rings (SSSR count). The first-order valence-electron chi connectivity index (χ1n) is 12.9. The maximum atomic E-state index is 13.3. The summed E-state index contributed by atoms with van der Waals surface area (Å²) < 4.78 is 44.3. The van der Waals surface area contributed by atoms with Gasteiger partial charge in [-0.25, -0.2) is 17.1 Å². The van der Waals surface area contributed by atoms with Crippen molar-refractivity contribution in [1.82, 2.24) is 19.8 Å². The summed E-state index contributed by atoms with van der Waals surface area (Å²) in [6, 6.07) is 11.9. The lowest BCUT2D eigenvalue weighted by molar-refractivity contribution is -0.137. The molecule has 1 saturated heterocycles. The molecule has 1 heterocycles. The molecule has 2 fully saturated rings. The summed E-state index contributed by atoms with van der Waals surface area (Å²) in [7, 11) is -0.719. The average Bonchev–Trinajstić information content (AvgIpc) is 3.70. The van der Waals surface area contributed by atoms with Gasteiger partial charge in [-0.3, -0.25) is 9.59 Å². The number of rotatable bonds is 11. The summed E-state index contributed by atoms with van der Waals surface area (Å²) in [5, 5.41) is 6.36. The molecular formula is C27H35FN4O5S.